The number of rotatable bonds is 9. The van der Waals surface area contributed by atoms with Crippen molar-refractivity contribution >= 4 is 11.8 Å². The van der Waals surface area contributed by atoms with Gasteiger partial charge in [0.2, 0.25) is 5.16 Å². The van der Waals surface area contributed by atoms with E-state index in [4.69, 9.17) is 4.74 Å². The van der Waals surface area contributed by atoms with Crippen molar-refractivity contribution in [1.29, 1.82) is 0 Å². The summed E-state index contributed by atoms with van der Waals surface area (Å²) in [6.45, 7) is 7.49. The van der Waals surface area contributed by atoms with Gasteiger partial charge in [0.1, 0.15) is 0 Å². The first-order chi connectivity index (χ1) is 8.24. The highest BCUT2D eigenvalue weighted by atomic mass is 32.2. The smallest absolute Gasteiger partial charge is 0.209 e. The quantitative estimate of drug-likeness (QED) is 0.519. The molecule has 1 heterocycles. The van der Waals surface area contributed by atoms with Crippen molar-refractivity contribution in [3.63, 3.8) is 0 Å². The van der Waals surface area contributed by atoms with Crippen LogP contribution in [0.5, 0.6) is 0 Å². The highest BCUT2D eigenvalue weighted by Gasteiger charge is 2.05. The Hall–Kier alpha value is -0.660. The zero-order valence-corrected chi connectivity index (χ0v) is 11.5. The van der Waals surface area contributed by atoms with E-state index in [0.29, 0.717) is 5.92 Å². The van der Waals surface area contributed by atoms with Crippen LogP contribution in [0.2, 0.25) is 0 Å². The lowest BCUT2D eigenvalue weighted by Gasteiger charge is -2.06. The van der Waals surface area contributed by atoms with E-state index in [1.807, 2.05) is 11.7 Å². The van der Waals surface area contributed by atoms with Gasteiger partial charge in [-0.25, -0.2) is 4.68 Å². The monoisotopic (exact) mass is 259 g/mol. The van der Waals surface area contributed by atoms with Crippen molar-refractivity contribution < 1.29 is 4.74 Å². The van der Waals surface area contributed by atoms with Crippen LogP contribution in [0.15, 0.2) is 5.16 Å². The molecule has 1 N–H and O–H groups in total. The lowest BCUT2D eigenvalue weighted by Crippen LogP contribution is -2.16. The van der Waals surface area contributed by atoms with E-state index < -0.39 is 0 Å². The molecule has 0 saturated heterocycles. The van der Waals surface area contributed by atoms with Crippen LogP contribution in [0.4, 0.5) is 0 Å². The third kappa shape index (κ3) is 5.99. The predicted octanol–water partition coefficient (Wildman–Crippen LogP) is 0.657. The second-order valence-electron chi connectivity index (χ2n) is 4.11. The van der Waals surface area contributed by atoms with Gasteiger partial charge < -0.3 is 10.1 Å². The van der Waals surface area contributed by atoms with Gasteiger partial charge in [-0.3, -0.25) is 0 Å². The minimum absolute atomic E-state index is 0.584. The summed E-state index contributed by atoms with van der Waals surface area (Å²) in [5.41, 5.74) is 0. The number of hydrogen-bond acceptors (Lipinski definition) is 6. The van der Waals surface area contributed by atoms with Gasteiger partial charge in [-0.15, -0.1) is 5.10 Å². The molecule has 0 unspecified atom stereocenters. The molecular weight excluding hydrogens is 238 g/mol. The van der Waals surface area contributed by atoms with Crippen molar-refractivity contribution in [3.8, 4) is 0 Å². The molecule has 0 saturated carbocycles. The van der Waals surface area contributed by atoms with Crippen molar-refractivity contribution in [2.24, 2.45) is 5.92 Å². The Labute approximate surface area is 106 Å². The molecule has 0 radical (unpaired) electrons. The predicted molar refractivity (Wildman–Crippen MR) is 68.1 cm³/mol. The van der Waals surface area contributed by atoms with E-state index in [-0.39, 0.29) is 0 Å². The van der Waals surface area contributed by atoms with Crippen LogP contribution in [-0.4, -0.2) is 52.8 Å². The van der Waals surface area contributed by atoms with E-state index >= 15 is 0 Å². The summed E-state index contributed by atoms with van der Waals surface area (Å²) in [5.74, 6) is 1.47. The van der Waals surface area contributed by atoms with E-state index in [1.54, 1.807) is 11.8 Å². The van der Waals surface area contributed by atoms with Crippen LogP contribution >= 0.6 is 11.8 Å². The first kappa shape index (κ1) is 14.4. The molecule has 0 aliphatic heterocycles. The van der Waals surface area contributed by atoms with Gasteiger partial charge in [0, 0.05) is 18.9 Å². The maximum absolute atomic E-state index is 5.50. The Morgan fingerprint density at radius 3 is 3.00 bits per heavy atom. The minimum atomic E-state index is 0.584. The zero-order valence-electron chi connectivity index (χ0n) is 10.7. The minimum Gasteiger partial charge on any atom is -0.380 e. The van der Waals surface area contributed by atoms with Crippen molar-refractivity contribution in [3.05, 3.63) is 0 Å². The van der Waals surface area contributed by atoms with Gasteiger partial charge in [0.25, 0.3) is 0 Å². The average molecular weight is 259 g/mol. The first-order valence-corrected chi connectivity index (χ1v) is 6.84. The number of thioether (sulfide) groups is 1. The highest BCUT2D eigenvalue weighted by molar-refractivity contribution is 7.99. The molecule has 0 atom stereocenters. The van der Waals surface area contributed by atoms with Gasteiger partial charge in [-0.05, 0) is 23.4 Å². The molecule has 0 amide bonds. The van der Waals surface area contributed by atoms with Gasteiger partial charge >= 0.3 is 0 Å². The molecular formula is C10H21N5OS. The van der Waals surface area contributed by atoms with Gasteiger partial charge in [0.05, 0.1) is 13.2 Å². The van der Waals surface area contributed by atoms with Crippen molar-refractivity contribution in [2.75, 3.05) is 32.6 Å². The molecule has 0 aromatic carbocycles. The Balaban J connectivity index is 2.19. The molecule has 17 heavy (non-hydrogen) atoms. The molecule has 0 bridgehead atoms. The van der Waals surface area contributed by atoms with Gasteiger partial charge in [-0.2, -0.15) is 0 Å². The third-order valence-corrected chi connectivity index (χ3v) is 2.90. The number of likely N-dealkylation sites (N-methyl/N-ethyl adjacent to an activating group) is 1. The summed E-state index contributed by atoms with van der Waals surface area (Å²) < 4.78 is 7.31. The second kappa shape index (κ2) is 8.43. The fourth-order valence-electron chi connectivity index (χ4n) is 1.17. The molecule has 0 aliphatic rings. The number of hydrogen-bond donors (Lipinski definition) is 1. The van der Waals surface area contributed by atoms with E-state index in [1.165, 1.54) is 0 Å². The Morgan fingerprint density at radius 1 is 1.47 bits per heavy atom. The van der Waals surface area contributed by atoms with Crippen LogP contribution in [0.25, 0.3) is 0 Å². The SMILES string of the molecule is CNCCn1nnnc1SCCOCC(C)C. The lowest BCUT2D eigenvalue weighted by molar-refractivity contribution is 0.124. The van der Waals surface area contributed by atoms with Crippen LogP contribution in [0.1, 0.15) is 13.8 Å². The summed E-state index contributed by atoms with van der Waals surface area (Å²) in [6, 6.07) is 0. The zero-order chi connectivity index (χ0) is 12.5. The molecule has 6 nitrogen and oxygen atoms in total. The topological polar surface area (TPSA) is 64.9 Å². The van der Waals surface area contributed by atoms with Gasteiger partial charge in [0.15, 0.2) is 0 Å². The standard InChI is InChI=1S/C10H21N5OS/c1-9(2)8-16-6-7-17-10-12-13-14-15(10)5-4-11-3/h9,11H,4-8H2,1-3H3. The average Bonchev–Trinajstić information content (AvgIpc) is 2.73. The molecule has 1 rings (SSSR count). The van der Waals surface area contributed by atoms with Gasteiger partial charge in [-0.1, -0.05) is 25.6 Å². The molecule has 0 spiro atoms. The summed E-state index contributed by atoms with van der Waals surface area (Å²) in [6.07, 6.45) is 0. The summed E-state index contributed by atoms with van der Waals surface area (Å²) in [5, 5.41) is 15.5. The summed E-state index contributed by atoms with van der Waals surface area (Å²) in [7, 11) is 1.91. The normalized spacial score (nSPS) is 11.3. The highest BCUT2D eigenvalue weighted by Crippen LogP contribution is 2.12. The maximum Gasteiger partial charge on any atom is 0.209 e. The number of ether oxygens (including phenoxy) is 1. The fourth-order valence-corrected chi connectivity index (χ4v) is 1.92. The van der Waals surface area contributed by atoms with E-state index in [2.05, 4.69) is 34.7 Å². The van der Waals surface area contributed by atoms with Crippen LogP contribution < -0.4 is 5.32 Å². The Kier molecular flexibility index (Phi) is 7.14. The van der Waals surface area contributed by atoms with Crippen molar-refractivity contribution in [1.82, 2.24) is 25.5 Å². The number of nitrogens with one attached hydrogen (secondary N) is 1. The Bertz CT molecular complexity index is 305. The number of nitrogens with zero attached hydrogens (tertiary/aromatic N) is 4. The number of aromatic nitrogens is 4. The number of tetrazole rings is 1. The molecule has 1 aromatic heterocycles. The Morgan fingerprint density at radius 2 is 2.29 bits per heavy atom. The second-order valence-corrected chi connectivity index (χ2v) is 5.17. The van der Waals surface area contributed by atoms with Crippen LogP contribution in [0.3, 0.4) is 0 Å². The maximum atomic E-state index is 5.50. The summed E-state index contributed by atoms with van der Waals surface area (Å²) >= 11 is 1.63. The molecule has 98 valence electrons. The van der Waals surface area contributed by atoms with Crippen LogP contribution in [0, 0.1) is 5.92 Å². The lowest BCUT2D eigenvalue weighted by atomic mass is 10.2. The van der Waals surface area contributed by atoms with Crippen LogP contribution in [-0.2, 0) is 11.3 Å². The first-order valence-electron chi connectivity index (χ1n) is 5.85. The van der Waals surface area contributed by atoms with E-state index in [0.717, 1.165) is 37.2 Å². The molecule has 1 aromatic rings. The van der Waals surface area contributed by atoms with E-state index in [9.17, 15) is 0 Å². The largest absolute Gasteiger partial charge is 0.380 e. The molecule has 0 aliphatic carbocycles. The summed E-state index contributed by atoms with van der Waals surface area (Å²) in [4.78, 5) is 0. The third-order valence-electron chi connectivity index (χ3n) is 1.98. The fraction of sp³-hybridized carbons (Fsp3) is 0.900. The molecule has 7 heteroatoms. The van der Waals surface area contributed by atoms with Crippen molar-refractivity contribution in [2.45, 2.75) is 25.5 Å². The molecule has 0 fully saturated rings.